The number of H-pyrrole nitrogens is 1. The standard InChI is InChI=1S/C19H15ClN7S/c20-18-13-10-21-23-15(13)6-7-16(18)22-19-25-24-17(28-19)11-27-9-8-14(26-27)12-4-2-1-3-5-12/h1-7,9-10H,8,11H2,(H,21,23)(H,22,25)/q+1. The largest absolute Gasteiger partial charge is 0.329 e. The maximum absolute atomic E-state index is 6.45. The van der Waals surface area contributed by atoms with Crippen molar-refractivity contribution in [3.8, 4) is 0 Å². The third kappa shape index (κ3) is 3.28. The lowest BCUT2D eigenvalue weighted by Crippen LogP contribution is -2.02. The van der Waals surface area contributed by atoms with Gasteiger partial charge in [-0.1, -0.05) is 58.0 Å². The van der Waals surface area contributed by atoms with Crippen LogP contribution < -0.4 is 5.32 Å². The summed E-state index contributed by atoms with van der Waals surface area (Å²) in [6, 6.07) is 14.0. The van der Waals surface area contributed by atoms with Crippen molar-refractivity contribution in [2.24, 2.45) is 5.10 Å². The first-order valence-electron chi connectivity index (χ1n) is 8.70. The molecule has 2 N–H and O–H groups in total. The molecule has 7 nitrogen and oxygen atoms in total. The number of rotatable bonds is 5. The Morgan fingerprint density at radius 3 is 2.93 bits per heavy atom. The molecule has 4 aromatic rings. The van der Waals surface area contributed by atoms with Gasteiger partial charge in [0.2, 0.25) is 11.7 Å². The number of hydrazone groups is 1. The van der Waals surface area contributed by atoms with E-state index in [1.54, 1.807) is 6.20 Å². The zero-order valence-corrected chi connectivity index (χ0v) is 16.2. The summed E-state index contributed by atoms with van der Waals surface area (Å²) in [5.41, 5.74) is 3.87. The molecule has 1 aliphatic heterocycles. The Morgan fingerprint density at radius 1 is 1.14 bits per heavy atom. The summed E-state index contributed by atoms with van der Waals surface area (Å²) in [7, 11) is 0. The van der Waals surface area contributed by atoms with E-state index in [-0.39, 0.29) is 0 Å². The Labute approximate surface area is 169 Å². The second kappa shape index (κ2) is 7.14. The van der Waals surface area contributed by atoms with E-state index in [2.05, 4.69) is 49.2 Å². The second-order valence-electron chi connectivity index (χ2n) is 6.28. The Hall–Kier alpha value is -3.10. The van der Waals surface area contributed by atoms with E-state index in [1.807, 2.05) is 35.0 Å². The van der Waals surface area contributed by atoms with Gasteiger partial charge in [0.15, 0.2) is 11.2 Å². The highest BCUT2D eigenvalue weighted by Gasteiger charge is 2.20. The van der Waals surface area contributed by atoms with Gasteiger partial charge in [-0.3, -0.25) is 5.10 Å². The minimum atomic E-state index is 0.587. The maximum atomic E-state index is 6.45. The second-order valence-corrected chi connectivity index (χ2v) is 7.72. The quantitative estimate of drug-likeness (QED) is 0.485. The molecule has 5 rings (SSSR count). The van der Waals surface area contributed by atoms with Crippen LogP contribution in [0.2, 0.25) is 5.02 Å². The molecule has 138 valence electrons. The Morgan fingerprint density at radius 2 is 2.04 bits per heavy atom. The number of hydrogen-bond donors (Lipinski definition) is 2. The van der Waals surface area contributed by atoms with Crippen molar-refractivity contribution >= 4 is 56.6 Å². The van der Waals surface area contributed by atoms with E-state index in [0.717, 1.165) is 39.3 Å². The number of benzene rings is 2. The van der Waals surface area contributed by atoms with Crippen LogP contribution in [0.4, 0.5) is 10.8 Å². The lowest BCUT2D eigenvalue weighted by molar-refractivity contribution is -0.542. The SMILES string of the molecule is Clc1c(Nc2nnc(C[N+]3=CCC(c4ccccc4)=N3)s2)ccc2[nH]ncc12. The average molecular weight is 409 g/mol. The molecule has 0 atom stereocenters. The van der Waals surface area contributed by atoms with Crippen LogP contribution in [-0.2, 0) is 6.54 Å². The molecular weight excluding hydrogens is 394 g/mol. The zero-order chi connectivity index (χ0) is 18.9. The lowest BCUT2D eigenvalue weighted by Gasteiger charge is -2.04. The molecule has 0 bridgehead atoms. The van der Waals surface area contributed by atoms with Gasteiger partial charge < -0.3 is 5.32 Å². The third-order valence-corrected chi connectivity index (χ3v) is 5.65. The van der Waals surface area contributed by atoms with Crippen LogP contribution in [0, 0.1) is 0 Å². The van der Waals surface area contributed by atoms with Crippen LogP contribution in [0.3, 0.4) is 0 Å². The van der Waals surface area contributed by atoms with Gasteiger partial charge >= 0.3 is 0 Å². The molecule has 2 aromatic heterocycles. The van der Waals surface area contributed by atoms with Crippen molar-refractivity contribution in [1.29, 1.82) is 0 Å². The van der Waals surface area contributed by atoms with Crippen LogP contribution in [-0.4, -0.2) is 37.0 Å². The molecule has 0 aliphatic carbocycles. The highest BCUT2D eigenvalue weighted by Crippen LogP contribution is 2.32. The van der Waals surface area contributed by atoms with E-state index in [0.29, 0.717) is 16.7 Å². The number of anilines is 2. The summed E-state index contributed by atoms with van der Waals surface area (Å²) < 4.78 is 1.91. The predicted molar refractivity (Wildman–Crippen MR) is 112 cm³/mol. The molecule has 0 unspecified atom stereocenters. The van der Waals surface area contributed by atoms with Gasteiger partial charge in [-0.05, 0) is 17.2 Å². The number of aromatic amines is 1. The number of nitrogens with zero attached hydrogens (tertiary/aromatic N) is 5. The van der Waals surface area contributed by atoms with Gasteiger partial charge in [0.05, 0.1) is 28.8 Å². The first-order valence-corrected chi connectivity index (χ1v) is 9.89. The molecule has 0 amide bonds. The third-order valence-electron chi connectivity index (χ3n) is 4.42. The Kier molecular flexibility index (Phi) is 4.34. The average Bonchev–Trinajstić information content (AvgIpc) is 3.46. The van der Waals surface area contributed by atoms with Crippen LogP contribution in [0.15, 0.2) is 53.8 Å². The number of aromatic nitrogens is 4. The smallest absolute Gasteiger partial charge is 0.227 e. The molecular formula is C19H15ClN7S+. The van der Waals surface area contributed by atoms with Gasteiger partial charge in [-0.2, -0.15) is 5.10 Å². The fourth-order valence-electron chi connectivity index (χ4n) is 3.04. The molecule has 9 heteroatoms. The molecule has 3 heterocycles. The highest BCUT2D eigenvalue weighted by molar-refractivity contribution is 7.15. The Balaban J connectivity index is 1.30. The minimum Gasteiger partial charge on any atom is -0.329 e. The van der Waals surface area contributed by atoms with Crippen molar-refractivity contribution < 1.29 is 4.68 Å². The van der Waals surface area contributed by atoms with Gasteiger partial charge in [-0.25, -0.2) is 0 Å². The number of halogens is 1. The summed E-state index contributed by atoms with van der Waals surface area (Å²) >= 11 is 7.94. The first-order chi connectivity index (χ1) is 13.8. The predicted octanol–water partition coefficient (Wildman–Crippen LogP) is 4.20. The van der Waals surface area contributed by atoms with Crippen molar-refractivity contribution in [3.05, 3.63) is 64.3 Å². The number of hydrogen-bond acceptors (Lipinski definition) is 6. The summed E-state index contributed by atoms with van der Waals surface area (Å²) in [4.78, 5) is 0. The van der Waals surface area contributed by atoms with Crippen LogP contribution in [0.1, 0.15) is 17.0 Å². The molecule has 0 radical (unpaired) electrons. The van der Waals surface area contributed by atoms with E-state index >= 15 is 0 Å². The lowest BCUT2D eigenvalue weighted by atomic mass is 10.1. The van der Waals surface area contributed by atoms with E-state index in [4.69, 9.17) is 11.6 Å². The van der Waals surface area contributed by atoms with Crippen molar-refractivity contribution in [1.82, 2.24) is 20.4 Å². The van der Waals surface area contributed by atoms with Crippen molar-refractivity contribution in [3.63, 3.8) is 0 Å². The van der Waals surface area contributed by atoms with Gasteiger partial charge in [0, 0.05) is 10.9 Å². The van der Waals surface area contributed by atoms with Gasteiger partial charge in [0.25, 0.3) is 0 Å². The minimum absolute atomic E-state index is 0.587. The van der Waals surface area contributed by atoms with Crippen LogP contribution >= 0.6 is 22.9 Å². The number of nitrogens with one attached hydrogen (secondary N) is 2. The maximum Gasteiger partial charge on any atom is 0.227 e. The molecule has 0 fully saturated rings. The molecule has 0 saturated carbocycles. The normalized spacial score (nSPS) is 13.6. The van der Waals surface area contributed by atoms with Gasteiger partial charge in [0.1, 0.15) is 5.71 Å². The Bertz CT molecular complexity index is 1210. The fourth-order valence-corrected chi connectivity index (χ4v) is 4.04. The van der Waals surface area contributed by atoms with Crippen LogP contribution in [0.5, 0.6) is 0 Å². The summed E-state index contributed by atoms with van der Waals surface area (Å²) in [6.07, 6.45) is 4.59. The molecule has 1 aliphatic rings. The topological polar surface area (TPSA) is 81.9 Å². The zero-order valence-electron chi connectivity index (χ0n) is 14.6. The van der Waals surface area contributed by atoms with Crippen molar-refractivity contribution in [2.45, 2.75) is 13.0 Å². The van der Waals surface area contributed by atoms with Gasteiger partial charge in [-0.15, -0.1) is 10.2 Å². The number of fused-ring (bicyclic) bond motifs is 1. The highest BCUT2D eigenvalue weighted by atomic mass is 35.5. The molecule has 2 aromatic carbocycles. The van der Waals surface area contributed by atoms with Crippen LogP contribution in [0.25, 0.3) is 10.9 Å². The van der Waals surface area contributed by atoms with E-state index in [9.17, 15) is 0 Å². The molecule has 0 saturated heterocycles. The molecule has 0 spiro atoms. The van der Waals surface area contributed by atoms with E-state index < -0.39 is 0 Å². The first kappa shape index (κ1) is 17.0. The summed E-state index contributed by atoms with van der Waals surface area (Å²) in [5.74, 6) is 0. The summed E-state index contributed by atoms with van der Waals surface area (Å²) in [5, 5.41) is 26.4. The molecule has 28 heavy (non-hydrogen) atoms. The van der Waals surface area contributed by atoms with Crippen molar-refractivity contribution in [2.75, 3.05) is 5.32 Å². The fraction of sp³-hybridized carbons (Fsp3) is 0.105. The monoisotopic (exact) mass is 408 g/mol. The van der Waals surface area contributed by atoms with E-state index in [1.165, 1.54) is 11.3 Å². The summed E-state index contributed by atoms with van der Waals surface area (Å²) in [6.45, 7) is 0.587.